The van der Waals surface area contributed by atoms with Crippen LogP contribution in [-0.2, 0) is 14.3 Å². The van der Waals surface area contributed by atoms with Gasteiger partial charge in [0, 0.05) is 47.5 Å². The molecule has 0 aliphatic carbocycles. The summed E-state index contributed by atoms with van der Waals surface area (Å²) in [5.41, 5.74) is 5.63. The number of methoxy groups -OCH3 is 1. The van der Waals surface area contributed by atoms with Crippen LogP contribution in [0.4, 0.5) is 5.69 Å². The van der Waals surface area contributed by atoms with Gasteiger partial charge in [0.05, 0.1) is 37.4 Å². The molecular formula is C32H40IN5O3. The smallest absolute Gasteiger partial charge is 0.306 e. The zero-order valence-electron chi connectivity index (χ0n) is 24.4. The van der Waals surface area contributed by atoms with E-state index >= 15 is 0 Å². The van der Waals surface area contributed by atoms with Crippen molar-refractivity contribution >= 4 is 40.2 Å². The van der Waals surface area contributed by atoms with E-state index in [0.29, 0.717) is 6.54 Å². The summed E-state index contributed by atoms with van der Waals surface area (Å²) in [5.74, 6) is 0.0803. The fourth-order valence-electron chi connectivity index (χ4n) is 5.88. The van der Waals surface area contributed by atoms with Crippen LogP contribution in [-0.4, -0.2) is 78.5 Å². The molecule has 3 aromatic rings. The van der Waals surface area contributed by atoms with Gasteiger partial charge < -0.3 is 24.4 Å². The number of halogens is 1. The minimum Gasteiger partial charge on any atom is -0.469 e. The van der Waals surface area contributed by atoms with Gasteiger partial charge in [-0.15, -0.1) is 0 Å². The van der Waals surface area contributed by atoms with E-state index in [4.69, 9.17) is 9.72 Å². The molecule has 2 saturated heterocycles. The maximum atomic E-state index is 13.5. The lowest BCUT2D eigenvalue weighted by atomic mass is 9.91. The highest BCUT2D eigenvalue weighted by atomic mass is 127. The predicted molar refractivity (Wildman–Crippen MR) is 171 cm³/mol. The first kappa shape index (κ1) is 29.6. The summed E-state index contributed by atoms with van der Waals surface area (Å²) < 4.78 is 6.05. The number of piperazine rings is 1. The zero-order chi connectivity index (χ0) is 29.1. The number of nitrogens with zero attached hydrogens (tertiary/aromatic N) is 4. The maximum Gasteiger partial charge on any atom is 0.306 e. The molecule has 1 amide bonds. The quantitative estimate of drug-likeness (QED) is 0.249. The molecule has 2 aromatic carbocycles. The Morgan fingerprint density at radius 2 is 1.76 bits per heavy atom. The van der Waals surface area contributed by atoms with Gasteiger partial charge in [0.1, 0.15) is 5.82 Å². The van der Waals surface area contributed by atoms with Crippen molar-refractivity contribution in [3.05, 3.63) is 58.1 Å². The zero-order valence-corrected chi connectivity index (χ0v) is 26.6. The first-order chi connectivity index (χ1) is 19.7. The second-order valence-electron chi connectivity index (χ2n) is 11.5. The lowest BCUT2D eigenvalue weighted by molar-refractivity contribution is -0.148. The average molecular weight is 670 g/mol. The Kier molecular flexibility index (Phi) is 9.33. The van der Waals surface area contributed by atoms with Crippen LogP contribution in [0.1, 0.15) is 45.0 Å². The van der Waals surface area contributed by atoms with Gasteiger partial charge in [0.15, 0.2) is 0 Å². The van der Waals surface area contributed by atoms with Crippen molar-refractivity contribution < 1.29 is 14.3 Å². The summed E-state index contributed by atoms with van der Waals surface area (Å²) in [4.78, 5) is 40.5. The molecule has 3 heterocycles. The number of likely N-dealkylation sites (N-methyl/N-ethyl adjacent to an activating group) is 1. The number of carbonyl (C=O) groups is 2. The van der Waals surface area contributed by atoms with Crippen molar-refractivity contribution in [2.24, 2.45) is 11.8 Å². The molecule has 2 aliphatic heterocycles. The van der Waals surface area contributed by atoms with Crippen molar-refractivity contribution in [2.45, 2.75) is 39.2 Å². The third-order valence-corrected chi connectivity index (χ3v) is 9.45. The van der Waals surface area contributed by atoms with Crippen molar-refractivity contribution in [3.8, 4) is 22.4 Å². The van der Waals surface area contributed by atoms with Gasteiger partial charge in [-0.2, -0.15) is 0 Å². The van der Waals surface area contributed by atoms with Gasteiger partial charge in [0.25, 0.3) is 0 Å². The topological polar surface area (TPSA) is 81.8 Å². The van der Waals surface area contributed by atoms with E-state index in [9.17, 15) is 9.59 Å². The van der Waals surface area contributed by atoms with E-state index in [1.807, 2.05) is 24.9 Å². The number of aromatic amines is 1. The van der Waals surface area contributed by atoms with E-state index in [-0.39, 0.29) is 30.3 Å². The Bertz CT molecular complexity index is 1360. The normalized spacial score (nSPS) is 18.6. The van der Waals surface area contributed by atoms with Gasteiger partial charge in [-0.3, -0.25) is 9.59 Å². The number of amides is 1. The molecule has 2 fully saturated rings. The van der Waals surface area contributed by atoms with Crippen LogP contribution in [0.2, 0.25) is 0 Å². The molecule has 41 heavy (non-hydrogen) atoms. The van der Waals surface area contributed by atoms with Gasteiger partial charge in [0.2, 0.25) is 5.91 Å². The Hall–Kier alpha value is -2.92. The molecule has 218 valence electrons. The number of carbonyl (C=O) groups excluding carboxylic acids is 2. The fraction of sp³-hybridized carbons (Fsp3) is 0.469. The number of aromatic nitrogens is 2. The van der Waals surface area contributed by atoms with Crippen LogP contribution >= 0.6 is 22.6 Å². The van der Waals surface area contributed by atoms with Crippen molar-refractivity contribution in [1.29, 1.82) is 0 Å². The van der Waals surface area contributed by atoms with Crippen LogP contribution < -0.4 is 4.90 Å². The van der Waals surface area contributed by atoms with Crippen LogP contribution in [0.3, 0.4) is 0 Å². The van der Waals surface area contributed by atoms with Crippen LogP contribution in [0.5, 0.6) is 0 Å². The lowest BCUT2D eigenvalue weighted by Gasteiger charge is -2.34. The molecule has 8 nitrogen and oxygen atoms in total. The number of nitrogens with one attached hydrogen (secondary N) is 1. The van der Waals surface area contributed by atoms with Crippen molar-refractivity contribution in [1.82, 2.24) is 19.8 Å². The third kappa shape index (κ3) is 6.61. The van der Waals surface area contributed by atoms with Crippen molar-refractivity contribution in [3.63, 3.8) is 0 Å². The van der Waals surface area contributed by atoms with Crippen LogP contribution in [0.25, 0.3) is 22.4 Å². The van der Waals surface area contributed by atoms with E-state index in [2.05, 4.69) is 86.9 Å². The molecule has 2 atom stereocenters. The van der Waals surface area contributed by atoms with E-state index < -0.39 is 5.92 Å². The monoisotopic (exact) mass is 669 g/mol. The highest BCUT2D eigenvalue weighted by Gasteiger charge is 2.37. The summed E-state index contributed by atoms with van der Waals surface area (Å²) in [7, 11) is 3.55. The number of H-pyrrole nitrogens is 1. The number of imidazole rings is 1. The van der Waals surface area contributed by atoms with Crippen LogP contribution in [0.15, 0.2) is 48.7 Å². The van der Waals surface area contributed by atoms with Gasteiger partial charge in [-0.25, -0.2) is 4.98 Å². The number of benzene rings is 2. The van der Waals surface area contributed by atoms with E-state index in [1.54, 1.807) is 0 Å². The van der Waals surface area contributed by atoms with Gasteiger partial charge in [-0.05, 0) is 83.8 Å². The maximum absolute atomic E-state index is 13.5. The summed E-state index contributed by atoms with van der Waals surface area (Å²) in [6.07, 6.45) is 3.72. The summed E-state index contributed by atoms with van der Waals surface area (Å²) in [5, 5.41) is 0. The number of likely N-dealkylation sites (tertiary alicyclic amines) is 1. The minimum atomic E-state index is -0.404. The second kappa shape index (κ2) is 12.9. The van der Waals surface area contributed by atoms with Crippen molar-refractivity contribution in [2.75, 3.05) is 51.8 Å². The average Bonchev–Trinajstić information content (AvgIpc) is 3.66. The first-order valence-electron chi connectivity index (χ1n) is 14.5. The fourth-order valence-corrected chi connectivity index (χ4v) is 6.53. The largest absolute Gasteiger partial charge is 0.469 e. The first-order valence-corrected chi connectivity index (χ1v) is 15.6. The minimum absolute atomic E-state index is 0.00224. The van der Waals surface area contributed by atoms with Gasteiger partial charge in [-0.1, -0.05) is 32.0 Å². The number of hydrogen-bond acceptors (Lipinski definition) is 6. The Morgan fingerprint density at radius 1 is 1.05 bits per heavy atom. The SMILES string of the molecule is COC(=O)C[C@H](C(=O)N1CCC[C@H]1c1ncc(-c2ccc(I)c(-c3ccc(N4CCN(C)CC4)cc3)c2)[nH]1)C(C)C. The Morgan fingerprint density at radius 3 is 2.44 bits per heavy atom. The number of ether oxygens (including phenoxy) is 1. The standard InChI is InChI=1S/C32H40IN5O3/c1-21(2)25(19-30(39)41-4)32(40)38-13-5-6-29(38)31-34-20-28(35-31)23-9-12-27(33)26(18-23)22-7-10-24(11-8-22)37-16-14-36(3)15-17-37/h7-12,18,20-21,25,29H,5-6,13-17,19H2,1-4H3,(H,34,35)/t25-,29-/m0/s1. The summed E-state index contributed by atoms with van der Waals surface area (Å²) in [6, 6.07) is 15.2. The molecule has 2 aliphatic rings. The molecule has 1 aromatic heterocycles. The molecule has 0 radical (unpaired) electrons. The molecular weight excluding hydrogens is 629 g/mol. The second-order valence-corrected chi connectivity index (χ2v) is 12.7. The molecule has 0 bridgehead atoms. The lowest BCUT2D eigenvalue weighted by Crippen LogP contribution is -2.44. The number of rotatable bonds is 8. The molecule has 1 N–H and O–H groups in total. The highest BCUT2D eigenvalue weighted by molar-refractivity contribution is 14.1. The summed E-state index contributed by atoms with van der Waals surface area (Å²) in [6.45, 7) is 8.92. The van der Waals surface area contributed by atoms with E-state index in [1.165, 1.54) is 27.5 Å². The molecule has 0 saturated carbocycles. The number of hydrogen-bond donors (Lipinski definition) is 1. The summed E-state index contributed by atoms with van der Waals surface area (Å²) >= 11 is 2.40. The third-order valence-electron chi connectivity index (χ3n) is 8.51. The highest BCUT2D eigenvalue weighted by Crippen LogP contribution is 2.36. The van der Waals surface area contributed by atoms with Crippen LogP contribution in [0, 0.1) is 15.4 Å². The number of esters is 1. The Balaban J connectivity index is 1.34. The molecule has 5 rings (SSSR count). The molecule has 9 heteroatoms. The van der Waals surface area contributed by atoms with Gasteiger partial charge >= 0.3 is 5.97 Å². The number of anilines is 1. The molecule has 0 unspecified atom stereocenters. The molecule has 0 spiro atoms. The Labute approximate surface area is 256 Å². The van der Waals surface area contributed by atoms with E-state index in [0.717, 1.165) is 56.1 Å². The predicted octanol–water partition coefficient (Wildman–Crippen LogP) is 5.60.